The van der Waals surface area contributed by atoms with Gasteiger partial charge in [-0.25, -0.2) is 15.0 Å². The number of aromatic nitrogens is 3. The summed E-state index contributed by atoms with van der Waals surface area (Å²) in [6.45, 7) is 2.46. The lowest BCUT2D eigenvalue weighted by Gasteiger charge is -2.38. The van der Waals surface area contributed by atoms with E-state index >= 15 is 0 Å². The molecule has 0 saturated heterocycles. The minimum atomic E-state index is 0.240. The van der Waals surface area contributed by atoms with E-state index in [1.165, 1.54) is 37.7 Å². The number of nitriles is 2. The Balaban J connectivity index is 1.25. The van der Waals surface area contributed by atoms with Crippen molar-refractivity contribution in [3.8, 4) is 57.4 Å². The highest BCUT2D eigenvalue weighted by Crippen LogP contribution is 2.52. The Bertz CT molecular complexity index is 2190. The van der Waals surface area contributed by atoms with Crippen molar-refractivity contribution in [2.45, 2.75) is 44.4 Å². The average molecular weight is 608 g/mol. The molecule has 2 aliphatic rings. The van der Waals surface area contributed by atoms with Gasteiger partial charge in [0.05, 0.1) is 23.3 Å². The summed E-state index contributed by atoms with van der Waals surface area (Å²) in [7, 11) is 0. The SMILES string of the molecule is CC1(c2ccc(-c3ccc(-c4nc(-c5ccccc5)nc(-c5ccc(C#N)cc5)n4)c4ccc(C#N)cc34)cc2)CC2CC[C@H](C2)C1. The Kier molecular flexibility index (Phi) is 7.12. The van der Waals surface area contributed by atoms with Crippen molar-refractivity contribution < 1.29 is 0 Å². The van der Waals surface area contributed by atoms with Gasteiger partial charge in [0.1, 0.15) is 0 Å². The molecule has 2 aliphatic carbocycles. The Labute approximate surface area is 275 Å². The van der Waals surface area contributed by atoms with Gasteiger partial charge in [0, 0.05) is 16.7 Å². The second-order valence-electron chi connectivity index (χ2n) is 13.5. The molecule has 2 saturated carbocycles. The van der Waals surface area contributed by atoms with Gasteiger partial charge >= 0.3 is 0 Å². The largest absolute Gasteiger partial charge is 0.208 e. The predicted octanol–water partition coefficient (Wildman–Crippen LogP) is 9.90. The smallest absolute Gasteiger partial charge is 0.164 e. The van der Waals surface area contributed by atoms with Crippen LogP contribution >= 0.6 is 0 Å². The average Bonchev–Trinajstić information content (AvgIpc) is 3.49. The number of fused-ring (bicyclic) bond motifs is 3. The third-order valence-corrected chi connectivity index (χ3v) is 10.3. The normalized spacial score (nSPS) is 20.1. The molecule has 0 spiro atoms. The Morgan fingerprint density at radius 3 is 1.81 bits per heavy atom. The van der Waals surface area contributed by atoms with Gasteiger partial charge in [0.2, 0.25) is 0 Å². The van der Waals surface area contributed by atoms with Crippen molar-refractivity contribution in [1.29, 1.82) is 10.5 Å². The zero-order valence-electron chi connectivity index (χ0n) is 26.3. The van der Waals surface area contributed by atoms with Gasteiger partial charge < -0.3 is 0 Å². The molecule has 6 aromatic rings. The second-order valence-corrected chi connectivity index (χ2v) is 13.5. The molecule has 47 heavy (non-hydrogen) atoms. The van der Waals surface area contributed by atoms with E-state index in [-0.39, 0.29) is 5.41 Å². The number of hydrogen-bond donors (Lipinski definition) is 0. The third kappa shape index (κ3) is 5.35. The van der Waals surface area contributed by atoms with Crippen molar-refractivity contribution in [3.63, 3.8) is 0 Å². The van der Waals surface area contributed by atoms with E-state index in [2.05, 4.69) is 55.5 Å². The Morgan fingerprint density at radius 2 is 1.15 bits per heavy atom. The van der Waals surface area contributed by atoms with Crippen LogP contribution in [0.4, 0.5) is 0 Å². The van der Waals surface area contributed by atoms with Crippen LogP contribution in [0.5, 0.6) is 0 Å². The van der Waals surface area contributed by atoms with Gasteiger partial charge in [0.15, 0.2) is 17.5 Å². The standard InChI is InChI=1S/C42H33N5/c1-42(23-28-7-8-29(21-28)24-42)34-16-14-31(15-17-34)35-19-20-37(36-18-11-30(26-44)22-38(35)36)41-46-39(32-5-3-2-4-6-32)45-40(47-41)33-12-9-27(25-43)10-13-33/h2-6,9-20,22,28-29H,7-8,21,23-24H2,1H3/t28-,29?,42?/m1/s1. The molecule has 5 aromatic carbocycles. The van der Waals surface area contributed by atoms with E-state index in [0.717, 1.165) is 50.4 Å². The van der Waals surface area contributed by atoms with Crippen LogP contribution in [0.15, 0.2) is 109 Å². The van der Waals surface area contributed by atoms with Crippen molar-refractivity contribution in [1.82, 2.24) is 15.0 Å². The maximum absolute atomic E-state index is 9.86. The molecule has 5 heteroatoms. The summed E-state index contributed by atoms with van der Waals surface area (Å²) in [6, 6.07) is 40.9. The fourth-order valence-corrected chi connectivity index (χ4v) is 8.09. The Morgan fingerprint density at radius 1 is 0.574 bits per heavy atom. The maximum atomic E-state index is 9.86. The summed E-state index contributed by atoms with van der Waals surface area (Å²) in [6.07, 6.45) is 6.76. The van der Waals surface area contributed by atoms with Crippen molar-refractivity contribution in [2.75, 3.05) is 0 Å². The molecule has 1 heterocycles. The first-order chi connectivity index (χ1) is 23.0. The van der Waals surface area contributed by atoms with Gasteiger partial charge in [-0.2, -0.15) is 10.5 Å². The summed E-state index contributed by atoms with van der Waals surface area (Å²) < 4.78 is 0. The molecular weight excluding hydrogens is 574 g/mol. The fourth-order valence-electron chi connectivity index (χ4n) is 8.09. The van der Waals surface area contributed by atoms with E-state index in [0.29, 0.717) is 28.6 Å². The lowest BCUT2D eigenvalue weighted by atomic mass is 9.66. The highest BCUT2D eigenvalue weighted by Gasteiger charge is 2.41. The molecule has 226 valence electrons. The van der Waals surface area contributed by atoms with Gasteiger partial charge in [0.25, 0.3) is 0 Å². The van der Waals surface area contributed by atoms with Crippen LogP contribution in [-0.2, 0) is 5.41 Å². The molecule has 8 rings (SSSR count). The summed E-state index contributed by atoms with van der Waals surface area (Å²) >= 11 is 0. The number of rotatable bonds is 5. The first-order valence-corrected chi connectivity index (χ1v) is 16.4. The molecule has 0 aliphatic heterocycles. The van der Waals surface area contributed by atoms with E-state index in [4.69, 9.17) is 15.0 Å². The van der Waals surface area contributed by atoms with Gasteiger partial charge in [-0.05, 0) is 106 Å². The van der Waals surface area contributed by atoms with Gasteiger partial charge in [-0.3, -0.25) is 0 Å². The number of hydrogen-bond acceptors (Lipinski definition) is 5. The monoisotopic (exact) mass is 607 g/mol. The lowest BCUT2D eigenvalue weighted by Crippen LogP contribution is -2.30. The van der Waals surface area contributed by atoms with Gasteiger partial charge in [-0.15, -0.1) is 0 Å². The quantitative estimate of drug-likeness (QED) is 0.195. The van der Waals surface area contributed by atoms with Crippen molar-refractivity contribution in [2.24, 2.45) is 11.8 Å². The zero-order valence-corrected chi connectivity index (χ0v) is 26.3. The molecule has 5 nitrogen and oxygen atoms in total. The van der Waals surface area contributed by atoms with Crippen LogP contribution in [0.2, 0.25) is 0 Å². The molecule has 2 unspecified atom stereocenters. The van der Waals surface area contributed by atoms with E-state index in [9.17, 15) is 10.5 Å². The van der Waals surface area contributed by atoms with E-state index < -0.39 is 0 Å². The van der Waals surface area contributed by atoms with E-state index in [1.54, 1.807) is 12.1 Å². The summed E-state index contributed by atoms with van der Waals surface area (Å²) in [4.78, 5) is 14.8. The summed E-state index contributed by atoms with van der Waals surface area (Å²) in [5.41, 5.74) is 7.62. The third-order valence-electron chi connectivity index (χ3n) is 10.3. The van der Waals surface area contributed by atoms with E-state index in [1.807, 2.05) is 60.7 Å². The first-order valence-electron chi connectivity index (χ1n) is 16.4. The number of benzene rings is 5. The lowest BCUT2D eigenvalue weighted by molar-refractivity contribution is 0.232. The van der Waals surface area contributed by atoms with Gasteiger partial charge in [-0.1, -0.05) is 86.5 Å². The summed E-state index contributed by atoms with van der Waals surface area (Å²) in [5.74, 6) is 3.39. The van der Waals surface area contributed by atoms with Crippen molar-refractivity contribution in [3.05, 3.63) is 126 Å². The van der Waals surface area contributed by atoms with Crippen LogP contribution in [0.3, 0.4) is 0 Å². The maximum Gasteiger partial charge on any atom is 0.164 e. The molecule has 3 atom stereocenters. The minimum absolute atomic E-state index is 0.240. The van der Waals surface area contributed by atoms with Crippen LogP contribution < -0.4 is 0 Å². The fraction of sp³-hybridized carbons (Fsp3) is 0.214. The van der Waals surface area contributed by atoms with Crippen molar-refractivity contribution >= 4 is 10.8 Å². The molecule has 2 fully saturated rings. The molecule has 0 N–H and O–H groups in total. The van der Waals surface area contributed by atoms with Crippen LogP contribution in [0.25, 0.3) is 56.1 Å². The molecular formula is C42H33N5. The molecule has 0 amide bonds. The first kappa shape index (κ1) is 28.8. The number of nitrogens with zero attached hydrogens (tertiary/aromatic N) is 5. The van der Waals surface area contributed by atoms with Crippen LogP contribution in [0, 0.1) is 34.5 Å². The molecule has 1 aromatic heterocycles. The second kappa shape index (κ2) is 11.6. The topological polar surface area (TPSA) is 86.2 Å². The molecule has 2 bridgehead atoms. The Hall–Kier alpha value is -5.65. The molecule has 0 radical (unpaired) electrons. The predicted molar refractivity (Wildman–Crippen MR) is 186 cm³/mol. The zero-order chi connectivity index (χ0) is 32.0. The minimum Gasteiger partial charge on any atom is -0.208 e. The highest BCUT2D eigenvalue weighted by molar-refractivity contribution is 6.04. The highest BCUT2D eigenvalue weighted by atomic mass is 15.0. The van der Waals surface area contributed by atoms with Crippen LogP contribution in [0.1, 0.15) is 55.7 Å². The summed E-state index contributed by atoms with van der Waals surface area (Å²) in [5, 5.41) is 21.1. The van der Waals surface area contributed by atoms with Crippen LogP contribution in [-0.4, -0.2) is 15.0 Å².